The zero-order chi connectivity index (χ0) is 12.4. The van der Waals surface area contributed by atoms with Gasteiger partial charge in [0, 0.05) is 13.1 Å². The van der Waals surface area contributed by atoms with Crippen LogP contribution in [0.4, 0.5) is 11.5 Å². The van der Waals surface area contributed by atoms with Crippen molar-refractivity contribution in [3.8, 4) is 0 Å². The molecule has 0 bridgehead atoms. The second kappa shape index (κ2) is 4.61. The second-order valence-electron chi connectivity index (χ2n) is 4.53. The van der Waals surface area contributed by atoms with Gasteiger partial charge >= 0.3 is 0 Å². The first-order chi connectivity index (χ1) is 8.08. The lowest BCUT2D eigenvalue weighted by Crippen LogP contribution is -2.41. The summed E-state index contributed by atoms with van der Waals surface area (Å²) in [5.74, 6) is 0.591. The van der Waals surface area contributed by atoms with E-state index in [4.69, 9.17) is 11.5 Å². The molecule has 0 spiro atoms. The van der Waals surface area contributed by atoms with Crippen LogP contribution in [0, 0.1) is 12.8 Å². The average Bonchev–Trinajstić information content (AvgIpc) is 2.33. The van der Waals surface area contributed by atoms with Gasteiger partial charge in [0.15, 0.2) is 0 Å². The van der Waals surface area contributed by atoms with Gasteiger partial charge in [-0.15, -0.1) is 0 Å². The van der Waals surface area contributed by atoms with Crippen molar-refractivity contribution in [2.45, 2.75) is 19.8 Å². The third-order valence-corrected chi connectivity index (χ3v) is 3.26. The number of aryl methyl sites for hydroxylation is 1. The molecule has 1 atom stereocenters. The summed E-state index contributed by atoms with van der Waals surface area (Å²) in [6.45, 7) is 3.46. The lowest BCUT2D eigenvalue weighted by Gasteiger charge is -2.32. The number of piperidine rings is 1. The normalized spacial score (nSPS) is 20.3. The SMILES string of the molecule is Cc1nc(N2CCCC(C(N)=O)C2)ccc1N. The van der Waals surface area contributed by atoms with Crippen molar-refractivity contribution in [3.63, 3.8) is 0 Å². The third kappa shape index (κ3) is 2.49. The molecule has 1 unspecified atom stereocenters. The van der Waals surface area contributed by atoms with Gasteiger partial charge in [0.05, 0.1) is 17.3 Å². The number of nitrogens with zero attached hydrogens (tertiary/aromatic N) is 2. The largest absolute Gasteiger partial charge is 0.397 e. The maximum absolute atomic E-state index is 11.2. The smallest absolute Gasteiger partial charge is 0.222 e. The average molecular weight is 234 g/mol. The van der Waals surface area contributed by atoms with Crippen molar-refractivity contribution >= 4 is 17.4 Å². The Balaban J connectivity index is 2.16. The number of aromatic nitrogens is 1. The first-order valence-electron chi connectivity index (χ1n) is 5.85. The molecule has 1 aromatic rings. The lowest BCUT2D eigenvalue weighted by molar-refractivity contribution is -0.122. The Kier molecular flexibility index (Phi) is 3.17. The van der Waals surface area contributed by atoms with E-state index < -0.39 is 0 Å². The van der Waals surface area contributed by atoms with E-state index in [0.29, 0.717) is 12.2 Å². The van der Waals surface area contributed by atoms with E-state index in [9.17, 15) is 4.79 Å². The molecule has 1 amide bonds. The number of hydrogen-bond donors (Lipinski definition) is 2. The van der Waals surface area contributed by atoms with E-state index in [0.717, 1.165) is 30.9 Å². The molecule has 2 rings (SSSR count). The Morgan fingerprint density at radius 2 is 2.29 bits per heavy atom. The Labute approximate surface area is 101 Å². The molecule has 92 valence electrons. The van der Waals surface area contributed by atoms with Crippen LogP contribution in [0.15, 0.2) is 12.1 Å². The van der Waals surface area contributed by atoms with Crippen molar-refractivity contribution in [3.05, 3.63) is 17.8 Å². The van der Waals surface area contributed by atoms with Gasteiger partial charge in [-0.25, -0.2) is 4.98 Å². The Morgan fingerprint density at radius 1 is 1.53 bits per heavy atom. The summed E-state index contributed by atoms with van der Waals surface area (Å²) in [6.07, 6.45) is 1.85. The third-order valence-electron chi connectivity index (χ3n) is 3.26. The fourth-order valence-electron chi connectivity index (χ4n) is 2.15. The van der Waals surface area contributed by atoms with Crippen molar-refractivity contribution in [2.75, 3.05) is 23.7 Å². The van der Waals surface area contributed by atoms with Crippen LogP contribution < -0.4 is 16.4 Å². The predicted molar refractivity (Wildman–Crippen MR) is 67.5 cm³/mol. The number of pyridine rings is 1. The second-order valence-corrected chi connectivity index (χ2v) is 4.53. The Bertz CT molecular complexity index is 433. The minimum atomic E-state index is -0.220. The topological polar surface area (TPSA) is 85.2 Å². The zero-order valence-electron chi connectivity index (χ0n) is 10.0. The number of carbonyl (C=O) groups is 1. The number of primary amides is 1. The summed E-state index contributed by atoms with van der Waals surface area (Å²) in [5.41, 5.74) is 12.6. The summed E-state index contributed by atoms with van der Waals surface area (Å²) in [7, 11) is 0. The van der Waals surface area contributed by atoms with Crippen LogP contribution in [0.2, 0.25) is 0 Å². The molecule has 1 saturated heterocycles. The molecule has 1 aromatic heterocycles. The highest BCUT2D eigenvalue weighted by molar-refractivity contribution is 5.77. The first kappa shape index (κ1) is 11.7. The van der Waals surface area contributed by atoms with E-state index in [1.54, 1.807) is 0 Å². The molecule has 0 radical (unpaired) electrons. The molecule has 1 aliphatic heterocycles. The monoisotopic (exact) mass is 234 g/mol. The maximum Gasteiger partial charge on any atom is 0.222 e. The highest BCUT2D eigenvalue weighted by Gasteiger charge is 2.24. The van der Waals surface area contributed by atoms with E-state index in [-0.39, 0.29) is 11.8 Å². The molecule has 5 nitrogen and oxygen atoms in total. The van der Waals surface area contributed by atoms with Gasteiger partial charge in [0.2, 0.25) is 5.91 Å². The van der Waals surface area contributed by atoms with Gasteiger partial charge in [-0.1, -0.05) is 0 Å². The van der Waals surface area contributed by atoms with E-state index in [1.807, 2.05) is 19.1 Å². The van der Waals surface area contributed by atoms with E-state index in [1.165, 1.54) is 0 Å². The van der Waals surface area contributed by atoms with Gasteiger partial charge in [-0.3, -0.25) is 4.79 Å². The molecule has 2 heterocycles. The summed E-state index contributed by atoms with van der Waals surface area (Å²) < 4.78 is 0. The number of nitrogens with two attached hydrogens (primary N) is 2. The van der Waals surface area contributed by atoms with Gasteiger partial charge < -0.3 is 16.4 Å². The Morgan fingerprint density at radius 3 is 2.94 bits per heavy atom. The molecule has 0 aliphatic carbocycles. The summed E-state index contributed by atoms with van der Waals surface area (Å²) in [5, 5.41) is 0. The fourth-order valence-corrected chi connectivity index (χ4v) is 2.15. The zero-order valence-corrected chi connectivity index (χ0v) is 10.0. The standard InChI is InChI=1S/C12H18N4O/c1-8-10(13)4-5-11(15-8)16-6-2-3-9(7-16)12(14)17/h4-5,9H,2-3,6-7,13H2,1H3,(H2,14,17). The molecule has 1 fully saturated rings. The van der Waals surface area contributed by atoms with Crippen molar-refractivity contribution in [1.82, 2.24) is 4.98 Å². The maximum atomic E-state index is 11.2. The number of anilines is 2. The molecular formula is C12H18N4O. The van der Waals surface area contributed by atoms with Crippen molar-refractivity contribution < 1.29 is 4.79 Å². The molecule has 17 heavy (non-hydrogen) atoms. The van der Waals surface area contributed by atoms with Crippen LogP contribution in [0.3, 0.4) is 0 Å². The number of amides is 1. The summed E-state index contributed by atoms with van der Waals surface area (Å²) in [6, 6.07) is 3.75. The molecule has 1 aliphatic rings. The van der Waals surface area contributed by atoms with Crippen molar-refractivity contribution in [1.29, 1.82) is 0 Å². The van der Waals surface area contributed by atoms with Crippen LogP contribution in [0.1, 0.15) is 18.5 Å². The molecule has 0 saturated carbocycles. The first-order valence-corrected chi connectivity index (χ1v) is 5.85. The van der Waals surface area contributed by atoms with Gasteiger partial charge in [-0.05, 0) is 31.9 Å². The molecule has 5 heteroatoms. The highest BCUT2D eigenvalue weighted by Crippen LogP contribution is 2.23. The van der Waals surface area contributed by atoms with E-state index in [2.05, 4.69) is 9.88 Å². The van der Waals surface area contributed by atoms with Crippen LogP contribution >= 0.6 is 0 Å². The van der Waals surface area contributed by atoms with Crippen LogP contribution in [-0.4, -0.2) is 24.0 Å². The quantitative estimate of drug-likeness (QED) is 0.787. The summed E-state index contributed by atoms with van der Waals surface area (Å²) >= 11 is 0. The van der Waals surface area contributed by atoms with Crippen molar-refractivity contribution in [2.24, 2.45) is 11.7 Å². The minimum absolute atomic E-state index is 0.0663. The van der Waals surface area contributed by atoms with Crippen LogP contribution in [0.25, 0.3) is 0 Å². The number of carbonyl (C=O) groups excluding carboxylic acids is 1. The highest BCUT2D eigenvalue weighted by atomic mass is 16.1. The minimum Gasteiger partial charge on any atom is -0.397 e. The molecule has 4 N–H and O–H groups in total. The fraction of sp³-hybridized carbons (Fsp3) is 0.500. The Hall–Kier alpha value is -1.78. The molecular weight excluding hydrogens is 216 g/mol. The number of nitrogen functional groups attached to an aromatic ring is 1. The van der Waals surface area contributed by atoms with Gasteiger partial charge in [-0.2, -0.15) is 0 Å². The van der Waals surface area contributed by atoms with Gasteiger partial charge in [0.1, 0.15) is 5.82 Å². The predicted octanol–water partition coefficient (Wildman–Crippen LogP) is 0.674. The van der Waals surface area contributed by atoms with Crippen LogP contribution in [0.5, 0.6) is 0 Å². The summed E-state index contributed by atoms with van der Waals surface area (Å²) in [4.78, 5) is 17.7. The molecule has 0 aromatic carbocycles. The lowest BCUT2D eigenvalue weighted by atomic mass is 9.97. The van der Waals surface area contributed by atoms with Crippen LogP contribution in [-0.2, 0) is 4.79 Å². The number of hydrogen-bond acceptors (Lipinski definition) is 4. The number of rotatable bonds is 2. The van der Waals surface area contributed by atoms with E-state index >= 15 is 0 Å². The van der Waals surface area contributed by atoms with Gasteiger partial charge in [0.25, 0.3) is 0 Å².